The third-order valence-electron chi connectivity index (χ3n) is 2.89. The molecule has 0 bridgehead atoms. The summed E-state index contributed by atoms with van der Waals surface area (Å²) in [6.45, 7) is 1.68. The maximum absolute atomic E-state index is 11.2. The fraction of sp³-hybridized carbons (Fsp3) is 0.417. The van der Waals surface area contributed by atoms with Gasteiger partial charge in [-0.15, -0.1) is 0 Å². The van der Waals surface area contributed by atoms with Gasteiger partial charge in [0.15, 0.2) is 6.10 Å². The van der Waals surface area contributed by atoms with E-state index in [2.05, 4.69) is 11.5 Å². The van der Waals surface area contributed by atoms with Crippen LogP contribution in [0, 0.1) is 0 Å². The molecule has 86 valence electrons. The maximum atomic E-state index is 11.2. The van der Waals surface area contributed by atoms with Crippen molar-refractivity contribution in [2.45, 2.75) is 32.3 Å². The summed E-state index contributed by atoms with van der Waals surface area (Å²) in [6, 6.07) is 6.00. The Kier molecular flexibility index (Phi) is 3.10. The molecular formula is C12H16N2O2. The van der Waals surface area contributed by atoms with Gasteiger partial charge >= 0.3 is 0 Å². The van der Waals surface area contributed by atoms with E-state index in [-0.39, 0.29) is 5.91 Å². The zero-order valence-electron chi connectivity index (χ0n) is 9.32. The lowest BCUT2D eigenvalue weighted by Crippen LogP contribution is -2.40. The van der Waals surface area contributed by atoms with Gasteiger partial charge in [-0.05, 0) is 49.4 Å². The largest absolute Gasteiger partial charge is 0.481 e. The number of hydrogen-bond donors (Lipinski definition) is 2. The van der Waals surface area contributed by atoms with Crippen LogP contribution < -0.4 is 16.0 Å². The van der Waals surface area contributed by atoms with Gasteiger partial charge in [0.05, 0.1) is 0 Å². The van der Waals surface area contributed by atoms with Crippen molar-refractivity contribution in [3.63, 3.8) is 0 Å². The molecule has 1 aliphatic carbocycles. The molecule has 4 nitrogen and oxygen atoms in total. The van der Waals surface area contributed by atoms with E-state index >= 15 is 0 Å². The Hall–Kier alpha value is -1.55. The summed E-state index contributed by atoms with van der Waals surface area (Å²) < 4.78 is 5.50. The normalized spacial score (nSPS) is 15.4. The molecule has 0 aliphatic heterocycles. The van der Waals surface area contributed by atoms with Crippen LogP contribution in [0.3, 0.4) is 0 Å². The first-order valence-corrected chi connectivity index (χ1v) is 5.49. The first kappa shape index (κ1) is 11.0. The fourth-order valence-electron chi connectivity index (χ4n) is 2.00. The molecule has 0 heterocycles. The van der Waals surface area contributed by atoms with E-state index in [1.165, 1.54) is 17.5 Å². The quantitative estimate of drug-likeness (QED) is 0.452. The molecule has 0 radical (unpaired) electrons. The third kappa shape index (κ3) is 2.17. The van der Waals surface area contributed by atoms with Crippen molar-refractivity contribution in [1.82, 2.24) is 5.43 Å². The molecule has 1 aromatic carbocycles. The highest BCUT2D eigenvalue weighted by Crippen LogP contribution is 2.26. The van der Waals surface area contributed by atoms with Crippen LogP contribution >= 0.6 is 0 Å². The standard InChI is InChI=1S/C12H16N2O2/c1-8(12(15)14-13)16-11-6-5-9-3-2-4-10(9)7-11/h5-8H,2-4,13H2,1H3,(H,14,15)/t8-/m1/s1. The number of ether oxygens (including phenoxy) is 1. The van der Waals surface area contributed by atoms with Crippen molar-refractivity contribution >= 4 is 5.91 Å². The summed E-state index contributed by atoms with van der Waals surface area (Å²) in [5, 5.41) is 0. The van der Waals surface area contributed by atoms with Gasteiger partial charge in [0.1, 0.15) is 5.75 Å². The van der Waals surface area contributed by atoms with Crippen molar-refractivity contribution in [1.29, 1.82) is 0 Å². The number of benzene rings is 1. The lowest BCUT2D eigenvalue weighted by Gasteiger charge is -2.13. The van der Waals surface area contributed by atoms with Crippen molar-refractivity contribution in [2.75, 3.05) is 0 Å². The zero-order valence-corrected chi connectivity index (χ0v) is 9.32. The van der Waals surface area contributed by atoms with E-state index < -0.39 is 6.10 Å². The minimum Gasteiger partial charge on any atom is -0.481 e. The monoisotopic (exact) mass is 220 g/mol. The summed E-state index contributed by atoms with van der Waals surface area (Å²) in [5.41, 5.74) is 4.80. The second kappa shape index (κ2) is 4.53. The molecule has 4 heteroatoms. The van der Waals surface area contributed by atoms with Gasteiger partial charge in [-0.1, -0.05) is 6.07 Å². The van der Waals surface area contributed by atoms with E-state index in [1.54, 1.807) is 6.92 Å². The number of amides is 1. The Morgan fingerprint density at radius 1 is 1.44 bits per heavy atom. The topological polar surface area (TPSA) is 64.3 Å². The summed E-state index contributed by atoms with van der Waals surface area (Å²) in [5.74, 6) is 5.45. The predicted octanol–water partition coefficient (Wildman–Crippen LogP) is 0.932. The average Bonchev–Trinajstić information content (AvgIpc) is 2.75. The van der Waals surface area contributed by atoms with Gasteiger partial charge in [-0.2, -0.15) is 0 Å². The Bertz CT molecular complexity index is 404. The number of rotatable bonds is 3. The fourth-order valence-corrected chi connectivity index (χ4v) is 2.00. The Labute approximate surface area is 94.8 Å². The van der Waals surface area contributed by atoms with Crippen molar-refractivity contribution in [3.05, 3.63) is 29.3 Å². The first-order chi connectivity index (χ1) is 7.70. The molecule has 0 saturated heterocycles. The molecule has 0 fully saturated rings. The lowest BCUT2D eigenvalue weighted by molar-refractivity contribution is -0.127. The Morgan fingerprint density at radius 3 is 2.94 bits per heavy atom. The van der Waals surface area contributed by atoms with Crippen LogP contribution in [0.25, 0.3) is 0 Å². The van der Waals surface area contributed by atoms with Crippen LogP contribution in [0.4, 0.5) is 0 Å². The van der Waals surface area contributed by atoms with Crippen LogP contribution in [0.2, 0.25) is 0 Å². The van der Waals surface area contributed by atoms with Gasteiger partial charge in [0, 0.05) is 0 Å². The molecule has 1 amide bonds. The number of carbonyl (C=O) groups excluding carboxylic acids is 1. The van der Waals surface area contributed by atoms with E-state index in [4.69, 9.17) is 10.6 Å². The number of nitrogens with two attached hydrogens (primary N) is 1. The van der Waals surface area contributed by atoms with Crippen molar-refractivity contribution in [2.24, 2.45) is 5.84 Å². The lowest BCUT2D eigenvalue weighted by atomic mass is 10.1. The molecule has 0 spiro atoms. The van der Waals surface area contributed by atoms with E-state index in [0.29, 0.717) is 0 Å². The highest BCUT2D eigenvalue weighted by Gasteiger charge is 2.15. The summed E-state index contributed by atoms with van der Waals surface area (Å²) in [4.78, 5) is 11.2. The highest BCUT2D eigenvalue weighted by atomic mass is 16.5. The molecule has 1 atom stereocenters. The maximum Gasteiger partial charge on any atom is 0.274 e. The molecule has 0 aromatic heterocycles. The van der Waals surface area contributed by atoms with E-state index in [1.807, 2.05) is 12.1 Å². The second-order valence-corrected chi connectivity index (χ2v) is 4.05. The Balaban J connectivity index is 2.08. The van der Waals surface area contributed by atoms with Gasteiger partial charge in [0.2, 0.25) is 0 Å². The molecule has 16 heavy (non-hydrogen) atoms. The van der Waals surface area contributed by atoms with E-state index in [9.17, 15) is 4.79 Å². The van der Waals surface area contributed by atoms with E-state index in [0.717, 1.165) is 18.6 Å². The van der Waals surface area contributed by atoms with Crippen LogP contribution in [-0.2, 0) is 17.6 Å². The first-order valence-electron chi connectivity index (χ1n) is 5.49. The molecule has 2 rings (SSSR count). The smallest absolute Gasteiger partial charge is 0.274 e. The van der Waals surface area contributed by atoms with Gasteiger partial charge < -0.3 is 4.74 Å². The molecule has 1 aliphatic rings. The number of fused-ring (bicyclic) bond motifs is 1. The number of carbonyl (C=O) groups is 1. The minimum absolute atomic E-state index is 0.319. The van der Waals surface area contributed by atoms with Gasteiger partial charge in [0.25, 0.3) is 5.91 Å². The van der Waals surface area contributed by atoms with Gasteiger partial charge in [-0.25, -0.2) is 5.84 Å². The van der Waals surface area contributed by atoms with Gasteiger partial charge in [-0.3, -0.25) is 10.2 Å². The number of hydrazine groups is 1. The van der Waals surface area contributed by atoms with Crippen LogP contribution in [0.1, 0.15) is 24.5 Å². The molecular weight excluding hydrogens is 204 g/mol. The molecule has 3 N–H and O–H groups in total. The SMILES string of the molecule is C[C@@H](Oc1ccc2c(c1)CCC2)C(=O)NN. The van der Waals surface area contributed by atoms with Crippen molar-refractivity contribution < 1.29 is 9.53 Å². The number of nitrogens with one attached hydrogen (secondary N) is 1. The summed E-state index contributed by atoms with van der Waals surface area (Å²) >= 11 is 0. The van der Waals surface area contributed by atoms with Crippen LogP contribution in [-0.4, -0.2) is 12.0 Å². The summed E-state index contributed by atoms with van der Waals surface area (Å²) in [7, 11) is 0. The molecule has 0 saturated carbocycles. The van der Waals surface area contributed by atoms with Crippen LogP contribution in [0.15, 0.2) is 18.2 Å². The average molecular weight is 220 g/mol. The van der Waals surface area contributed by atoms with Crippen molar-refractivity contribution in [3.8, 4) is 5.75 Å². The summed E-state index contributed by atoms with van der Waals surface area (Å²) in [6.07, 6.45) is 2.89. The Morgan fingerprint density at radius 2 is 2.19 bits per heavy atom. The second-order valence-electron chi connectivity index (χ2n) is 4.05. The minimum atomic E-state index is -0.565. The highest BCUT2D eigenvalue weighted by molar-refractivity contribution is 5.80. The van der Waals surface area contributed by atoms with Crippen LogP contribution in [0.5, 0.6) is 5.75 Å². The molecule has 0 unspecified atom stereocenters. The zero-order chi connectivity index (χ0) is 11.5. The third-order valence-corrected chi connectivity index (χ3v) is 2.89. The number of hydrogen-bond acceptors (Lipinski definition) is 3. The molecule has 1 aromatic rings. The predicted molar refractivity (Wildman–Crippen MR) is 60.9 cm³/mol. The number of aryl methyl sites for hydroxylation is 2.